The van der Waals surface area contributed by atoms with Crippen molar-refractivity contribution in [1.82, 2.24) is 25.1 Å². The van der Waals surface area contributed by atoms with Gasteiger partial charge < -0.3 is 10.2 Å². The average Bonchev–Trinajstić information content (AvgIpc) is 2.73. The molecule has 2 aromatic rings. The highest BCUT2D eigenvalue weighted by molar-refractivity contribution is 5.75. The number of piperazine rings is 1. The number of hydrogen-bond acceptors (Lipinski definition) is 4. The Morgan fingerprint density at radius 3 is 2.23 bits per heavy atom. The number of amides is 2. The molecule has 4 bridgehead atoms. The van der Waals surface area contributed by atoms with Crippen molar-refractivity contribution in [2.45, 2.75) is 50.6 Å². The van der Waals surface area contributed by atoms with Crippen LogP contribution >= 0.6 is 0 Å². The Labute approximate surface area is 178 Å². The number of nitrogens with one attached hydrogen (secondary N) is 1. The fourth-order valence-corrected chi connectivity index (χ4v) is 7.04. The first-order valence-electron chi connectivity index (χ1n) is 11.6. The van der Waals surface area contributed by atoms with Gasteiger partial charge in [-0.15, -0.1) is 0 Å². The summed E-state index contributed by atoms with van der Waals surface area (Å²) in [5.74, 6) is 2.58. The van der Waals surface area contributed by atoms with Crippen LogP contribution in [0.1, 0.15) is 44.1 Å². The Morgan fingerprint density at radius 2 is 1.57 bits per heavy atom. The lowest BCUT2D eigenvalue weighted by Crippen LogP contribution is -2.63. The summed E-state index contributed by atoms with van der Waals surface area (Å²) < 4.78 is 0. The van der Waals surface area contributed by atoms with Crippen molar-refractivity contribution < 1.29 is 4.79 Å². The maximum Gasteiger partial charge on any atom is 0.317 e. The largest absolute Gasteiger partial charge is 0.333 e. The predicted octanol–water partition coefficient (Wildman–Crippen LogP) is 3.43. The quantitative estimate of drug-likeness (QED) is 0.850. The molecule has 5 fully saturated rings. The van der Waals surface area contributed by atoms with Gasteiger partial charge in [-0.3, -0.25) is 14.9 Å². The molecule has 1 aromatic heterocycles. The van der Waals surface area contributed by atoms with Gasteiger partial charge >= 0.3 is 6.03 Å². The zero-order chi connectivity index (χ0) is 20.1. The Hall–Kier alpha value is -2.21. The number of rotatable bonds is 3. The minimum Gasteiger partial charge on any atom is -0.333 e. The van der Waals surface area contributed by atoms with Crippen LogP contribution in [0.2, 0.25) is 0 Å². The standard InChI is InChI=1S/C24H31N5O/c30-23(27-24-13-18-9-19(14-24)11-20(10-18)15-24)29-7-5-28(6-8-29)16-17-1-2-21-22(12-17)26-4-3-25-21/h1-4,12,18-20H,5-11,13-16H2,(H,27,30). The predicted molar refractivity (Wildman–Crippen MR) is 116 cm³/mol. The number of aromatic nitrogens is 2. The molecule has 6 nitrogen and oxygen atoms in total. The molecule has 2 heterocycles. The summed E-state index contributed by atoms with van der Waals surface area (Å²) >= 11 is 0. The lowest BCUT2D eigenvalue weighted by Gasteiger charge is -2.57. The topological polar surface area (TPSA) is 61.4 Å². The number of carbonyl (C=O) groups is 1. The third-order valence-corrected chi connectivity index (χ3v) is 8.01. The summed E-state index contributed by atoms with van der Waals surface area (Å²) in [5, 5.41) is 3.53. The van der Waals surface area contributed by atoms with E-state index in [2.05, 4.69) is 32.3 Å². The van der Waals surface area contributed by atoms with E-state index < -0.39 is 0 Å². The fraction of sp³-hybridized carbons (Fsp3) is 0.625. The molecule has 1 N–H and O–H groups in total. The molecule has 30 heavy (non-hydrogen) atoms. The van der Waals surface area contributed by atoms with Crippen molar-refractivity contribution in [2.24, 2.45) is 17.8 Å². The number of hydrogen-bond donors (Lipinski definition) is 1. The second-order valence-electron chi connectivity index (χ2n) is 10.3. The highest BCUT2D eigenvalue weighted by atomic mass is 16.2. The monoisotopic (exact) mass is 405 g/mol. The number of carbonyl (C=O) groups excluding carboxylic acids is 1. The molecule has 1 aliphatic heterocycles. The van der Waals surface area contributed by atoms with Gasteiger partial charge in [-0.25, -0.2) is 4.79 Å². The first-order chi connectivity index (χ1) is 14.6. The van der Waals surface area contributed by atoms with Gasteiger partial charge in [0.2, 0.25) is 0 Å². The van der Waals surface area contributed by atoms with Crippen LogP contribution in [0.25, 0.3) is 11.0 Å². The van der Waals surface area contributed by atoms with Crippen molar-refractivity contribution in [3.05, 3.63) is 36.2 Å². The molecule has 7 rings (SSSR count). The molecule has 0 radical (unpaired) electrons. The van der Waals surface area contributed by atoms with E-state index in [1.54, 1.807) is 12.4 Å². The fourth-order valence-electron chi connectivity index (χ4n) is 7.04. The van der Waals surface area contributed by atoms with E-state index in [4.69, 9.17) is 0 Å². The number of nitrogens with zero attached hydrogens (tertiary/aromatic N) is 4. The molecule has 1 aromatic carbocycles. The minimum atomic E-state index is 0.106. The molecule has 2 amide bonds. The number of benzene rings is 1. The normalized spacial score (nSPS) is 33.2. The Morgan fingerprint density at radius 1 is 0.933 bits per heavy atom. The molecule has 158 valence electrons. The van der Waals surface area contributed by atoms with Gasteiger partial charge in [0, 0.05) is 50.7 Å². The van der Waals surface area contributed by atoms with Gasteiger partial charge in [0.1, 0.15) is 0 Å². The second-order valence-corrected chi connectivity index (χ2v) is 10.3. The summed E-state index contributed by atoms with van der Waals surface area (Å²) in [7, 11) is 0. The summed E-state index contributed by atoms with van der Waals surface area (Å²) in [6.45, 7) is 4.37. The highest BCUT2D eigenvalue weighted by Crippen LogP contribution is 2.55. The molecular weight excluding hydrogens is 374 g/mol. The van der Waals surface area contributed by atoms with Crippen LogP contribution in [0.15, 0.2) is 30.6 Å². The van der Waals surface area contributed by atoms with Crippen molar-refractivity contribution in [3.63, 3.8) is 0 Å². The van der Waals surface area contributed by atoms with Gasteiger partial charge in [0.05, 0.1) is 11.0 Å². The van der Waals surface area contributed by atoms with E-state index in [9.17, 15) is 4.79 Å². The lowest BCUT2D eigenvalue weighted by atomic mass is 9.53. The Bertz CT molecular complexity index is 916. The molecule has 5 aliphatic rings. The average molecular weight is 406 g/mol. The van der Waals surface area contributed by atoms with E-state index in [1.165, 1.54) is 44.1 Å². The molecular formula is C24H31N5O. The third kappa shape index (κ3) is 3.45. The molecule has 0 atom stereocenters. The Balaban J connectivity index is 1.05. The van der Waals surface area contributed by atoms with Gasteiger partial charge in [0.15, 0.2) is 0 Å². The Kier molecular flexibility index (Phi) is 4.44. The SMILES string of the molecule is O=C(NC12CC3CC(CC(C3)C1)C2)N1CCN(Cc2ccc3nccnc3c2)CC1. The summed E-state index contributed by atoms with van der Waals surface area (Å²) in [6.07, 6.45) is 11.4. The first-order valence-corrected chi connectivity index (χ1v) is 11.6. The molecule has 1 saturated heterocycles. The van der Waals surface area contributed by atoms with Gasteiger partial charge in [-0.1, -0.05) is 6.07 Å². The minimum absolute atomic E-state index is 0.106. The van der Waals surface area contributed by atoms with Crippen LogP contribution in [0.5, 0.6) is 0 Å². The molecule has 6 heteroatoms. The van der Waals surface area contributed by atoms with Crippen LogP contribution in [-0.4, -0.2) is 57.5 Å². The van der Waals surface area contributed by atoms with E-state index in [0.29, 0.717) is 0 Å². The maximum absolute atomic E-state index is 13.1. The van der Waals surface area contributed by atoms with Gasteiger partial charge in [-0.2, -0.15) is 0 Å². The molecule has 0 spiro atoms. The summed E-state index contributed by atoms with van der Waals surface area (Å²) in [6, 6.07) is 6.50. The van der Waals surface area contributed by atoms with Gasteiger partial charge in [-0.05, 0) is 74.0 Å². The van der Waals surface area contributed by atoms with E-state index in [-0.39, 0.29) is 11.6 Å². The van der Waals surface area contributed by atoms with E-state index in [0.717, 1.165) is 61.5 Å². The number of fused-ring (bicyclic) bond motifs is 1. The summed E-state index contributed by atoms with van der Waals surface area (Å²) in [5.41, 5.74) is 3.25. The van der Waals surface area contributed by atoms with Crippen molar-refractivity contribution >= 4 is 17.1 Å². The van der Waals surface area contributed by atoms with Crippen LogP contribution in [-0.2, 0) is 6.54 Å². The maximum atomic E-state index is 13.1. The van der Waals surface area contributed by atoms with Crippen molar-refractivity contribution in [1.29, 1.82) is 0 Å². The third-order valence-electron chi connectivity index (χ3n) is 8.01. The smallest absolute Gasteiger partial charge is 0.317 e. The van der Waals surface area contributed by atoms with Crippen molar-refractivity contribution in [3.8, 4) is 0 Å². The molecule has 4 aliphatic carbocycles. The van der Waals surface area contributed by atoms with Crippen LogP contribution < -0.4 is 5.32 Å². The van der Waals surface area contributed by atoms with Crippen LogP contribution in [0, 0.1) is 17.8 Å². The van der Waals surface area contributed by atoms with E-state index in [1.807, 2.05) is 11.0 Å². The molecule has 0 unspecified atom stereocenters. The van der Waals surface area contributed by atoms with Gasteiger partial charge in [0.25, 0.3) is 0 Å². The lowest BCUT2D eigenvalue weighted by molar-refractivity contribution is -0.0165. The van der Waals surface area contributed by atoms with Crippen LogP contribution in [0.4, 0.5) is 4.79 Å². The second kappa shape index (κ2) is 7.19. The van der Waals surface area contributed by atoms with Crippen molar-refractivity contribution in [2.75, 3.05) is 26.2 Å². The first kappa shape index (κ1) is 18.6. The van der Waals surface area contributed by atoms with E-state index >= 15 is 0 Å². The van der Waals surface area contributed by atoms with Crippen LogP contribution in [0.3, 0.4) is 0 Å². The zero-order valence-electron chi connectivity index (χ0n) is 17.6. The zero-order valence-corrected chi connectivity index (χ0v) is 17.6. The molecule has 4 saturated carbocycles. The number of urea groups is 1. The summed E-state index contributed by atoms with van der Waals surface area (Å²) in [4.78, 5) is 26.3. The highest BCUT2D eigenvalue weighted by Gasteiger charge is 2.51.